The molecule has 0 radical (unpaired) electrons. The fourth-order valence-corrected chi connectivity index (χ4v) is 1.89. The molecule has 0 saturated carbocycles. The van der Waals surface area contributed by atoms with Crippen LogP contribution < -0.4 is 11.1 Å². The lowest BCUT2D eigenvalue weighted by atomic mass is 10.0. The van der Waals surface area contributed by atoms with Gasteiger partial charge >= 0.3 is 5.97 Å². The molecule has 1 atom stereocenters. The van der Waals surface area contributed by atoms with E-state index in [1.165, 1.54) is 7.11 Å². The van der Waals surface area contributed by atoms with Crippen molar-refractivity contribution in [1.29, 1.82) is 0 Å². The van der Waals surface area contributed by atoms with Crippen LogP contribution in [0.25, 0.3) is 0 Å². The van der Waals surface area contributed by atoms with Crippen LogP contribution in [-0.2, 0) is 9.53 Å². The second-order valence-corrected chi connectivity index (χ2v) is 5.27. The van der Waals surface area contributed by atoms with Crippen LogP contribution in [0.15, 0.2) is 18.2 Å². The van der Waals surface area contributed by atoms with Crippen molar-refractivity contribution in [2.45, 2.75) is 33.2 Å². The van der Waals surface area contributed by atoms with E-state index in [2.05, 4.69) is 5.32 Å². The number of aryl methyl sites for hydroxylation is 1. The third kappa shape index (κ3) is 4.35. The Bertz CT molecular complexity index is 498. The molecule has 0 bridgehead atoms. The fourth-order valence-electron chi connectivity index (χ4n) is 1.89. The van der Waals surface area contributed by atoms with Crippen LogP contribution in [0, 0.1) is 12.8 Å². The van der Waals surface area contributed by atoms with E-state index in [1.54, 1.807) is 12.1 Å². The van der Waals surface area contributed by atoms with Gasteiger partial charge in [-0.2, -0.15) is 0 Å². The van der Waals surface area contributed by atoms with E-state index in [1.807, 2.05) is 26.8 Å². The Balaban J connectivity index is 2.92. The summed E-state index contributed by atoms with van der Waals surface area (Å²) in [5, 5.41) is 2.69. The van der Waals surface area contributed by atoms with E-state index in [9.17, 15) is 9.59 Å². The smallest absolute Gasteiger partial charge is 0.339 e. The van der Waals surface area contributed by atoms with Gasteiger partial charge < -0.3 is 15.8 Å². The minimum absolute atomic E-state index is 0.298. The average Bonchev–Trinajstić information content (AvgIpc) is 2.38. The number of methoxy groups -OCH3 is 1. The highest BCUT2D eigenvalue weighted by Crippen LogP contribution is 2.19. The molecule has 1 unspecified atom stereocenters. The molecule has 5 heteroatoms. The molecular formula is C15H22N2O3. The number of carbonyl (C=O) groups is 2. The van der Waals surface area contributed by atoms with Crippen LogP contribution >= 0.6 is 0 Å². The molecule has 0 aliphatic carbocycles. The van der Waals surface area contributed by atoms with Gasteiger partial charge in [-0.3, -0.25) is 4.79 Å². The van der Waals surface area contributed by atoms with Gasteiger partial charge in [-0.05, 0) is 31.4 Å². The first kappa shape index (κ1) is 16.2. The van der Waals surface area contributed by atoms with Crippen molar-refractivity contribution in [2.75, 3.05) is 12.4 Å². The highest BCUT2D eigenvalue weighted by molar-refractivity contribution is 6.02. The van der Waals surface area contributed by atoms with E-state index < -0.39 is 12.0 Å². The van der Waals surface area contributed by atoms with Crippen LogP contribution in [0.4, 0.5) is 5.69 Å². The van der Waals surface area contributed by atoms with Crippen LogP contribution in [0.3, 0.4) is 0 Å². The zero-order valence-electron chi connectivity index (χ0n) is 12.4. The molecule has 0 fully saturated rings. The minimum Gasteiger partial charge on any atom is -0.465 e. The Kier molecular flexibility index (Phi) is 5.70. The summed E-state index contributed by atoms with van der Waals surface area (Å²) in [6.45, 7) is 5.86. The number of hydrogen-bond acceptors (Lipinski definition) is 4. The third-order valence-electron chi connectivity index (χ3n) is 2.90. The van der Waals surface area contributed by atoms with Crippen molar-refractivity contribution < 1.29 is 14.3 Å². The van der Waals surface area contributed by atoms with Gasteiger partial charge in [0.25, 0.3) is 0 Å². The summed E-state index contributed by atoms with van der Waals surface area (Å²) in [7, 11) is 1.31. The van der Waals surface area contributed by atoms with Crippen LogP contribution in [0.2, 0.25) is 0 Å². The molecule has 0 aliphatic rings. The first-order chi connectivity index (χ1) is 9.35. The molecule has 3 N–H and O–H groups in total. The average molecular weight is 278 g/mol. The first-order valence-corrected chi connectivity index (χ1v) is 6.60. The number of anilines is 1. The summed E-state index contributed by atoms with van der Waals surface area (Å²) in [6.07, 6.45) is 0.589. The number of carbonyl (C=O) groups excluding carboxylic acids is 2. The van der Waals surface area contributed by atoms with Gasteiger partial charge in [0.05, 0.1) is 24.4 Å². The Hall–Kier alpha value is -1.88. The van der Waals surface area contributed by atoms with Crippen LogP contribution in [0.1, 0.15) is 36.2 Å². The van der Waals surface area contributed by atoms with E-state index in [0.29, 0.717) is 23.6 Å². The Morgan fingerprint density at radius 3 is 2.55 bits per heavy atom. The standard InChI is InChI=1S/C15H22N2O3/c1-9(2)7-12(16)14(18)17-13-6-5-10(3)8-11(13)15(19)20-4/h5-6,8-9,12H,7,16H2,1-4H3,(H,17,18). The molecule has 0 aliphatic heterocycles. The molecule has 20 heavy (non-hydrogen) atoms. The summed E-state index contributed by atoms with van der Waals surface area (Å²) in [6, 6.07) is 4.58. The zero-order chi connectivity index (χ0) is 15.3. The minimum atomic E-state index is -0.596. The van der Waals surface area contributed by atoms with Crippen molar-refractivity contribution >= 4 is 17.6 Å². The van der Waals surface area contributed by atoms with E-state index in [4.69, 9.17) is 10.5 Å². The Labute approximate surface area is 119 Å². The number of esters is 1. The van der Waals surface area contributed by atoms with Gasteiger partial charge in [0.2, 0.25) is 5.91 Å². The lowest BCUT2D eigenvalue weighted by molar-refractivity contribution is -0.117. The second kappa shape index (κ2) is 7.05. The molecule has 1 rings (SSSR count). The van der Waals surface area contributed by atoms with Gasteiger partial charge in [0.1, 0.15) is 0 Å². The van der Waals surface area contributed by atoms with Crippen LogP contribution in [-0.4, -0.2) is 25.0 Å². The van der Waals surface area contributed by atoms with E-state index >= 15 is 0 Å². The number of nitrogens with two attached hydrogens (primary N) is 1. The van der Waals surface area contributed by atoms with E-state index in [-0.39, 0.29) is 5.91 Å². The van der Waals surface area contributed by atoms with Crippen molar-refractivity contribution in [3.8, 4) is 0 Å². The van der Waals surface area contributed by atoms with Gasteiger partial charge in [0, 0.05) is 0 Å². The molecule has 1 amide bonds. The number of hydrogen-bond donors (Lipinski definition) is 2. The van der Waals surface area contributed by atoms with Crippen molar-refractivity contribution in [3.05, 3.63) is 29.3 Å². The highest BCUT2D eigenvalue weighted by atomic mass is 16.5. The number of rotatable bonds is 5. The largest absolute Gasteiger partial charge is 0.465 e. The molecule has 5 nitrogen and oxygen atoms in total. The number of benzene rings is 1. The molecule has 0 heterocycles. The molecule has 0 spiro atoms. The van der Waals surface area contributed by atoms with Crippen molar-refractivity contribution in [2.24, 2.45) is 11.7 Å². The topological polar surface area (TPSA) is 81.4 Å². The Morgan fingerprint density at radius 1 is 1.35 bits per heavy atom. The van der Waals surface area contributed by atoms with Crippen molar-refractivity contribution in [3.63, 3.8) is 0 Å². The lowest BCUT2D eigenvalue weighted by Crippen LogP contribution is -2.37. The Morgan fingerprint density at radius 2 is 2.00 bits per heavy atom. The zero-order valence-corrected chi connectivity index (χ0v) is 12.4. The molecular weight excluding hydrogens is 256 g/mol. The highest BCUT2D eigenvalue weighted by Gasteiger charge is 2.18. The quantitative estimate of drug-likeness (QED) is 0.808. The van der Waals surface area contributed by atoms with Crippen LogP contribution in [0.5, 0.6) is 0 Å². The predicted octanol–water partition coefficient (Wildman–Crippen LogP) is 2.09. The summed E-state index contributed by atoms with van der Waals surface area (Å²) in [5.41, 5.74) is 7.49. The molecule has 0 saturated heterocycles. The number of ether oxygens (including phenoxy) is 1. The predicted molar refractivity (Wildman–Crippen MR) is 78.6 cm³/mol. The molecule has 1 aromatic carbocycles. The monoisotopic (exact) mass is 278 g/mol. The maximum absolute atomic E-state index is 12.0. The fraction of sp³-hybridized carbons (Fsp3) is 0.467. The maximum atomic E-state index is 12.0. The second-order valence-electron chi connectivity index (χ2n) is 5.27. The maximum Gasteiger partial charge on any atom is 0.339 e. The van der Waals surface area contributed by atoms with Crippen molar-refractivity contribution in [1.82, 2.24) is 0 Å². The van der Waals surface area contributed by atoms with E-state index in [0.717, 1.165) is 5.56 Å². The van der Waals surface area contributed by atoms with Gasteiger partial charge in [-0.25, -0.2) is 4.79 Å². The lowest BCUT2D eigenvalue weighted by Gasteiger charge is -2.16. The number of amides is 1. The van der Waals surface area contributed by atoms with Gasteiger partial charge in [-0.1, -0.05) is 25.5 Å². The van der Waals surface area contributed by atoms with Gasteiger partial charge in [-0.15, -0.1) is 0 Å². The number of nitrogens with one attached hydrogen (secondary N) is 1. The first-order valence-electron chi connectivity index (χ1n) is 6.60. The molecule has 110 valence electrons. The summed E-state index contributed by atoms with van der Waals surface area (Å²) < 4.78 is 4.72. The van der Waals surface area contributed by atoms with Gasteiger partial charge in [0.15, 0.2) is 0 Å². The summed E-state index contributed by atoms with van der Waals surface area (Å²) >= 11 is 0. The molecule has 1 aromatic rings. The molecule has 0 aromatic heterocycles. The third-order valence-corrected chi connectivity index (χ3v) is 2.90. The summed E-state index contributed by atoms with van der Waals surface area (Å²) in [5.74, 6) is -0.456. The normalized spacial score (nSPS) is 12.1. The summed E-state index contributed by atoms with van der Waals surface area (Å²) in [4.78, 5) is 23.7. The SMILES string of the molecule is COC(=O)c1cc(C)ccc1NC(=O)C(N)CC(C)C.